The van der Waals surface area contributed by atoms with Gasteiger partial charge in [-0.3, -0.25) is 0 Å². The minimum absolute atomic E-state index is 0.0200. The van der Waals surface area contributed by atoms with Crippen LogP contribution in [0, 0.1) is 0 Å². The summed E-state index contributed by atoms with van der Waals surface area (Å²) in [7, 11) is 1.12. The molecular formula is C9H7BrClF2NO2. The van der Waals surface area contributed by atoms with Gasteiger partial charge in [-0.05, 0) is 22.0 Å². The Hall–Kier alpha value is -0.750. The van der Waals surface area contributed by atoms with Crippen molar-refractivity contribution < 1.29 is 18.3 Å². The van der Waals surface area contributed by atoms with Crippen LogP contribution in [0.5, 0.6) is 0 Å². The Morgan fingerprint density at radius 3 is 2.75 bits per heavy atom. The van der Waals surface area contributed by atoms with Gasteiger partial charge in [0, 0.05) is 0 Å². The summed E-state index contributed by atoms with van der Waals surface area (Å²) in [5, 5.41) is 0. The number of carbonyl (C=O) groups excluding carboxylic acids is 1. The van der Waals surface area contributed by atoms with Gasteiger partial charge >= 0.3 is 5.97 Å². The van der Waals surface area contributed by atoms with Crippen molar-refractivity contribution in [2.24, 2.45) is 0 Å². The van der Waals surface area contributed by atoms with Crippen LogP contribution in [-0.4, -0.2) is 18.1 Å². The molecule has 1 aromatic heterocycles. The third-order valence-corrected chi connectivity index (χ3v) is 2.70. The van der Waals surface area contributed by atoms with Crippen LogP contribution < -0.4 is 0 Å². The predicted molar refractivity (Wildman–Crippen MR) is 57.8 cm³/mol. The second kappa shape index (κ2) is 5.54. The van der Waals surface area contributed by atoms with Gasteiger partial charge < -0.3 is 4.74 Å². The van der Waals surface area contributed by atoms with Gasteiger partial charge in [0.1, 0.15) is 4.60 Å². The number of nitrogens with zero attached hydrogens (tertiary/aromatic N) is 1. The largest absolute Gasteiger partial charge is 0.465 e. The molecule has 0 aromatic carbocycles. The van der Waals surface area contributed by atoms with E-state index in [1.165, 1.54) is 6.07 Å². The van der Waals surface area contributed by atoms with E-state index < -0.39 is 18.0 Å². The molecule has 0 N–H and O–H groups in total. The fraction of sp³-hybridized carbons (Fsp3) is 0.333. The molecule has 0 aliphatic rings. The van der Waals surface area contributed by atoms with E-state index in [1.54, 1.807) is 0 Å². The first-order valence-electron chi connectivity index (χ1n) is 4.13. The Balaban J connectivity index is 3.40. The highest BCUT2D eigenvalue weighted by atomic mass is 79.9. The SMILES string of the molecule is COC(=O)c1cc(CCl)nc(Br)c1C(F)F. The molecule has 0 atom stereocenters. The average molecular weight is 315 g/mol. The normalized spacial score (nSPS) is 10.6. The highest BCUT2D eigenvalue weighted by molar-refractivity contribution is 9.10. The smallest absolute Gasteiger partial charge is 0.338 e. The van der Waals surface area contributed by atoms with E-state index >= 15 is 0 Å². The number of esters is 1. The van der Waals surface area contributed by atoms with Gasteiger partial charge in [0.25, 0.3) is 6.43 Å². The van der Waals surface area contributed by atoms with Crippen molar-refractivity contribution in [2.75, 3.05) is 7.11 Å². The zero-order chi connectivity index (χ0) is 12.3. The maximum absolute atomic E-state index is 12.7. The first-order chi connectivity index (χ1) is 7.51. The number of rotatable bonds is 3. The molecule has 0 radical (unpaired) electrons. The molecule has 0 bridgehead atoms. The Morgan fingerprint density at radius 1 is 1.69 bits per heavy atom. The molecule has 7 heteroatoms. The van der Waals surface area contributed by atoms with Crippen molar-refractivity contribution >= 4 is 33.5 Å². The van der Waals surface area contributed by atoms with E-state index in [2.05, 4.69) is 25.7 Å². The lowest BCUT2D eigenvalue weighted by molar-refractivity contribution is 0.0588. The summed E-state index contributed by atoms with van der Waals surface area (Å²) in [6, 6.07) is 1.20. The maximum atomic E-state index is 12.7. The number of alkyl halides is 3. The van der Waals surface area contributed by atoms with E-state index in [1.807, 2.05) is 0 Å². The first kappa shape index (κ1) is 13.3. The van der Waals surface area contributed by atoms with Crippen LogP contribution in [0.3, 0.4) is 0 Å². The van der Waals surface area contributed by atoms with E-state index in [4.69, 9.17) is 11.6 Å². The summed E-state index contributed by atoms with van der Waals surface area (Å²) in [6.07, 6.45) is -2.82. The standard InChI is InChI=1S/C9H7BrClF2NO2/c1-16-9(15)5-2-4(3-11)14-7(10)6(5)8(12)13/h2,8H,3H2,1H3. The van der Waals surface area contributed by atoms with E-state index in [9.17, 15) is 13.6 Å². The van der Waals surface area contributed by atoms with Gasteiger partial charge in [-0.1, -0.05) is 0 Å². The number of carbonyl (C=O) groups is 1. The second-order valence-corrected chi connectivity index (χ2v) is 3.81. The summed E-state index contributed by atoms with van der Waals surface area (Å²) in [5.41, 5.74) is -0.394. The zero-order valence-electron chi connectivity index (χ0n) is 8.14. The van der Waals surface area contributed by atoms with Crippen LogP contribution in [-0.2, 0) is 10.6 Å². The number of ether oxygens (including phenoxy) is 1. The molecule has 1 heterocycles. The molecule has 0 spiro atoms. The van der Waals surface area contributed by atoms with Crippen molar-refractivity contribution in [1.82, 2.24) is 4.98 Å². The van der Waals surface area contributed by atoms with Crippen molar-refractivity contribution in [3.05, 3.63) is 27.5 Å². The molecule has 0 amide bonds. The monoisotopic (exact) mass is 313 g/mol. The van der Waals surface area contributed by atoms with E-state index in [0.717, 1.165) is 7.11 Å². The third-order valence-electron chi connectivity index (χ3n) is 1.83. The van der Waals surface area contributed by atoms with Crippen LogP contribution in [0.15, 0.2) is 10.7 Å². The molecule has 0 unspecified atom stereocenters. The Morgan fingerprint density at radius 2 is 2.31 bits per heavy atom. The highest BCUT2D eigenvalue weighted by Gasteiger charge is 2.24. The molecule has 0 saturated carbocycles. The number of aromatic nitrogens is 1. The molecule has 0 aliphatic heterocycles. The maximum Gasteiger partial charge on any atom is 0.338 e. The lowest BCUT2D eigenvalue weighted by Crippen LogP contribution is -2.09. The quantitative estimate of drug-likeness (QED) is 0.488. The van der Waals surface area contributed by atoms with Crippen molar-refractivity contribution in [3.8, 4) is 0 Å². The summed E-state index contributed by atoms with van der Waals surface area (Å²) in [4.78, 5) is 15.1. The van der Waals surface area contributed by atoms with Crippen LogP contribution in [0.4, 0.5) is 8.78 Å². The van der Waals surface area contributed by atoms with Gasteiger partial charge in [0.05, 0.1) is 29.8 Å². The third kappa shape index (κ3) is 2.68. The van der Waals surface area contributed by atoms with Crippen LogP contribution >= 0.6 is 27.5 Å². The van der Waals surface area contributed by atoms with Gasteiger partial charge in [0.15, 0.2) is 0 Å². The summed E-state index contributed by atoms with van der Waals surface area (Å²) in [6.45, 7) is 0. The first-order valence-corrected chi connectivity index (χ1v) is 5.45. The van der Waals surface area contributed by atoms with Crippen LogP contribution in [0.1, 0.15) is 28.0 Å². The molecular weight excluding hydrogens is 307 g/mol. The predicted octanol–water partition coefficient (Wildman–Crippen LogP) is 3.31. The molecule has 0 saturated heterocycles. The second-order valence-electron chi connectivity index (χ2n) is 2.79. The fourth-order valence-electron chi connectivity index (χ4n) is 1.13. The van der Waals surface area contributed by atoms with Crippen molar-refractivity contribution in [1.29, 1.82) is 0 Å². The summed E-state index contributed by atoms with van der Waals surface area (Å²) >= 11 is 8.41. The van der Waals surface area contributed by atoms with Gasteiger partial charge in [0.2, 0.25) is 0 Å². The highest BCUT2D eigenvalue weighted by Crippen LogP contribution is 2.30. The fourth-order valence-corrected chi connectivity index (χ4v) is 1.88. The lowest BCUT2D eigenvalue weighted by atomic mass is 10.1. The van der Waals surface area contributed by atoms with Gasteiger partial charge in [-0.15, -0.1) is 11.6 Å². The molecule has 0 fully saturated rings. The Kier molecular flexibility index (Phi) is 4.61. The summed E-state index contributed by atoms with van der Waals surface area (Å²) < 4.78 is 29.7. The molecule has 3 nitrogen and oxygen atoms in total. The number of hydrogen-bond acceptors (Lipinski definition) is 3. The number of hydrogen-bond donors (Lipinski definition) is 0. The van der Waals surface area contributed by atoms with Gasteiger partial charge in [-0.25, -0.2) is 18.6 Å². The van der Waals surface area contributed by atoms with Crippen molar-refractivity contribution in [2.45, 2.75) is 12.3 Å². The van der Waals surface area contributed by atoms with E-state index in [-0.39, 0.29) is 16.0 Å². The van der Waals surface area contributed by atoms with E-state index in [0.29, 0.717) is 5.69 Å². The number of halogens is 4. The molecule has 1 aromatic rings. The molecule has 1 rings (SSSR count). The zero-order valence-corrected chi connectivity index (χ0v) is 10.5. The van der Waals surface area contributed by atoms with Gasteiger partial charge in [-0.2, -0.15) is 0 Å². The number of methoxy groups -OCH3 is 1. The molecule has 88 valence electrons. The number of pyridine rings is 1. The molecule has 0 aliphatic carbocycles. The van der Waals surface area contributed by atoms with Crippen LogP contribution in [0.25, 0.3) is 0 Å². The minimum Gasteiger partial charge on any atom is -0.465 e. The topological polar surface area (TPSA) is 39.2 Å². The average Bonchev–Trinajstić information content (AvgIpc) is 2.26. The minimum atomic E-state index is -2.82. The Labute approximate surface area is 104 Å². The Bertz CT molecular complexity index is 415. The molecule has 16 heavy (non-hydrogen) atoms. The summed E-state index contributed by atoms with van der Waals surface area (Å²) in [5.74, 6) is -0.823. The van der Waals surface area contributed by atoms with Crippen molar-refractivity contribution in [3.63, 3.8) is 0 Å². The lowest BCUT2D eigenvalue weighted by Gasteiger charge is -2.10. The van der Waals surface area contributed by atoms with Crippen LogP contribution in [0.2, 0.25) is 0 Å².